The van der Waals surface area contributed by atoms with E-state index < -0.39 is 0 Å². The van der Waals surface area contributed by atoms with Gasteiger partial charge in [0.2, 0.25) is 0 Å². The van der Waals surface area contributed by atoms with Gasteiger partial charge in [-0.05, 0) is 31.4 Å². The van der Waals surface area contributed by atoms with E-state index in [2.05, 4.69) is 10.3 Å². The van der Waals surface area contributed by atoms with Crippen molar-refractivity contribution < 1.29 is 9.53 Å². The summed E-state index contributed by atoms with van der Waals surface area (Å²) in [4.78, 5) is 16.8. The molecule has 1 aromatic carbocycles. The molecular weight excluding hydrogens is 266 g/mol. The van der Waals surface area contributed by atoms with Crippen LogP contribution in [0.2, 0.25) is 0 Å². The van der Waals surface area contributed by atoms with Gasteiger partial charge in [0, 0.05) is 18.2 Å². The third-order valence-corrected chi connectivity index (χ3v) is 4.05. The number of hydrogen-bond acceptors (Lipinski definition) is 4. The van der Waals surface area contributed by atoms with E-state index in [0.29, 0.717) is 11.4 Å². The molecule has 0 aliphatic heterocycles. The van der Waals surface area contributed by atoms with Crippen molar-refractivity contribution in [3.63, 3.8) is 0 Å². The van der Waals surface area contributed by atoms with Gasteiger partial charge in [0.25, 0.3) is 5.91 Å². The number of hydrogen-bond donors (Lipinski definition) is 2. The Kier molecular flexibility index (Phi) is 3.75. The van der Waals surface area contributed by atoms with Crippen molar-refractivity contribution in [1.82, 2.24) is 10.3 Å². The second-order valence-corrected chi connectivity index (χ2v) is 5.40. The molecule has 5 nitrogen and oxygen atoms in total. The summed E-state index contributed by atoms with van der Waals surface area (Å²) < 4.78 is 5.39. The number of nitrogens with zero attached hydrogens (tertiary/aromatic N) is 1. The van der Waals surface area contributed by atoms with Crippen molar-refractivity contribution in [3.8, 4) is 0 Å². The molecule has 1 aromatic heterocycles. The number of pyridine rings is 1. The zero-order valence-corrected chi connectivity index (χ0v) is 12.0. The van der Waals surface area contributed by atoms with E-state index >= 15 is 0 Å². The summed E-state index contributed by atoms with van der Waals surface area (Å²) in [6.07, 6.45) is 3.07. The molecule has 0 bridgehead atoms. The Balaban J connectivity index is 1.84. The van der Waals surface area contributed by atoms with Crippen molar-refractivity contribution in [2.24, 2.45) is 0 Å². The first-order valence-corrected chi connectivity index (χ1v) is 7.18. The molecule has 2 unspecified atom stereocenters. The highest BCUT2D eigenvalue weighted by molar-refractivity contribution is 5.99. The average molecular weight is 285 g/mol. The van der Waals surface area contributed by atoms with Gasteiger partial charge in [-0.25, -0.2) is 4.98 Å². The van der Waals surface area contributed by atoms with Crippen LogP contribution in [-0.2, 0) is 4.74 Å². The Labute approximate surface area is 123 Å². The van der Waals surface area contributed by atoms with Crippen molar-refractivity contribution in [1.29, 1.82) is 0 Å². The minimum Gasteiger partial charge on any atom is -0.398 e. The smallest absolute Gasteiger partial charge is 0.270 e. The summed E-state index contributed by atoms with van der Waals surface area (Å²) in [6, 6.07) is 9.23. The molecule has 1 fully saturated rings. The van der Waals surface area contributed by atoms with Gasteiger partial charge in [0.1, 0.15) is 5.69 Å². The first-order chi connectivity index (χ1) is 10.2. The lowest BCUT2D eigenvalue weighted by atomic mass is 10.1. The molecule has 0 saturated heterocycles. The number of nitrogens with one attached hydrogen (secondary N) is 1. The lowest BCUT2D eigenvalue weighted by molar-refractivity contribution is 0.0719. The number of nitrogens with two attached hydrogens (primary N) is 1. The Morgan fingerprint density at radius 3 is 3.00 bits per heavy atom. The largest absolute Gasteiger partial charge is 0.398 e. The Hall–Kier alpha value is -2.14. The molecule has 1 heterocycles. The van der Waals surface area contributed by atoms with Gasteiger partial charge in [0.15, 0.2) is 0 Å². The van der Waals surface area contributed by atoms with Crippen LogP contribution < -0.4 is 11.1 Å². The standard InChI is InChI=1S/C16H19N3O2/c1-21-15-8-4-7-13(15)19-16(20)14-9-11(17)10-5-2-3-6-12(10)18-14/h2-3,5-6,9,13,15H,4,7-8H2,1H3,(H2,17,18)(H,19,20). The molecular formula is C16H19N3O2. The monoisotopic (exact) mass is 285 g/mol. The van der Waals surface area contributed by atoms with Crippen LogP contribution in [0.4, 0.5) is 5.69 Å². The summed E-state index contributed by atoms with van der Waals surface area (Å²) >= 11 is 0. The number of aromatic nitrogens is 1. The van der Waals surface area contributed by atoms with Crippen LogP contribution in [-0.4, -0.2) is 30.1 Å². The van der Waals surface area contributed by atoms with Crippen molar-refractivity contribution >= 4 is 22.5 Å². The molecule has 2 aromatic rings. The Bertz CT molecular complexity index is 672. The molecule has 1 aliphatic carbocycles. The van der Waals surface area contributed by atoms with Crippen molar-refractivity contribution in [2.75, 3.05) is 12.8 Å². The average Bonchev–Trinajstić information content (AvgIpc) is 2.94. The fourth-order valence-corrected chi connectivity index (χ4v) is 2.93. The number of anilines is 1. The number of amides is 1. The van der Waals surface area contributed by atoms with E-state index in [-0.39, 0.29) is 18.1 Å². The lowest BCUT2D eigenvalue weighted by Gasteiger charge is -2.19. The van der Waals surface area contributed by atoms with Gasteiger partial charge in [0.05, 0.1) is 17.7 Å². The molecule has 110 valence electrons. The highest BCUT2D eigenvalue weighted by Crippen LogP contribution is 2.23. The van der Waals surface area contributed by atoms with Crippen LogP contribution in [0, 0.1) is 0 Å². The quantitative estimate of drug-likeness (QED) is 0.905. The fourth-order valence-electron chi connectivity index (χ4n) is 2.93. The predicted octanol–water partition coefficient (Wildman–Crippen LogP) is 2.11. The first kappa shape index (κ1) is 13.8. The third kappa shape index (κ3) is 2.69. The van der Waals surface area contributed by atoms with Gasteiger partial charge in [-0.2, -0.15) is 0 Å². The molecule has 1 aliphatic rings. The number of ether oxygens (including phenoxy) is 1. The van der Waals surface area contributed by atoms with Crippen LogP contribution in [0.15, 0.2) is 30.3 Å². The molecule has 5 heteroatoms. The normalized spacial score (nSPS) is 21.6. The number of fused-ring (bicyclic) bond motifs is 1. The summed E-state index contributed by atoms with van der Waals surface area (Å²) in [5, 5.41) is 3.87. The van der Waals surface area contributed by atoms with Crippen LogP contribution in [0.1, 0.15) is 29.8 Å². The van der Waals surface area contributed by atoms with E-state index in [1.807, 2.05) is 24.3 Å². The lowest BCUT2D eigenvalue weighted by Crippen LogP contribution is -2.41. The molecule has 1 amide bonds. The summed E-state index contributed by atoms with van der Waals surface area (Å²) in [5.74, 6) is -0.193. The minimum absolute atomic E-state index is 0.0528. The molecule has 3 N–H and O–H groups in total. The van der Waals surface area contributed by atoms with Crippen LogP contribution in [0.3, 0.4) is 0 Å². The van der Waals surface area contributed by atoms with Crippen LogP contribution in [0.25, 0.3) is 10.9 Å². The summed E-state index contributed by atoms with van der Waals surface area (Å²) in [5.41, 5.74) is 7.67. The zero-order chi connectivity index (χ0) is 14.8. The Morgan fingerprint density at radius 1 is 1.38 bits per heavy atom. The second-order valence-electron chi connectivity index (χ2n) is 5.40. The van der Waals surface area contributed by atoms with E-state index in [0.717, 1.165) is 30.2 Å². The number of carbonyl (C=O) groups is 1. The number of methoxy groups -OCH3 is 1. The maximum atomic E-state index is 12.4. The number of para-hydroxylation sites is 1. The first-order valence-electron chi connectivity index (χ1n) is 7.18. The predicted molar refractivity (Wildman–Crippen MR) is 82.1 cm³/mol. The van der Waals surface area contributed by atoms with Gasteiger partial charge < -0.3 is 15.8 Å². The van der Waals surface area contributed by atoms with Crippen LogP contribution >= 0.6 is 0 Å². The fraction of sp³-hybridized carbons (Fsp3) is 0.375. The van der Waals surface area contributed by atoms with E-state index in [4.69, 9.17) is 10.5 Å². The van der Waals surface area contributed by atoms with Crippen LogP contribution in [0.5, 0.6) is 0 Å². The van der Waals surface area contributed by atoms with Crippen molar-refractivity contribution in [2.45, 2.75) is 31.4 Å². The summed E-state index contributed by atoms with van der Waals surface area (Å²) in [7, 11) is 1.68. The number of nitrogen functional groups attached to an aromatic ring is 1. The molecule has 3 rings (SSSR count). The summed E-state index contributed by atoms with van der Waals surface area (Å²) in [6.45, 7) is 0. The van der Waals surface area contributed by atoms with Gasteiger partial charge >= 0.3 is 0 Å². The van der Waals surface area contributed by atoms with Crippen molar-refractivity contribution in [3.05, 3.63) is 36.0 Å². The molecule has 2 atom stereocenters. The topological polar surface area (TPSA) is 77.2 Å². The maximum absolute atomic E-state index is 12.4. The number of carbonyl (C=O) groups excluding carboxylic acids is 1. The van der Waals surface area contributed by atoms with E-state index in [9.17, 15) is 4.79 Å². The van der Waals surface area contributed by atoms with Gasteiger partial charge in [-0.15, -0.1) is 0 Å². The van der Waals surface area contributed by atoms with E-state index in [1.165, 1.54) is 0 Å². The Morgan fingerprint density at radius 2 is 2.19 bits per heavy atom. The van der Waals surface area contributed by atoms with Gasteiger partial charge in [-0.1, -0.05) is 18.2 Å². The zero-order valence-electron chi connectivity index (χ0n) is 12.0. The molecule has 21 heavy (non-hydrogen) atoms. The third-order valence-electron chi connectivity index (χ3n) is 4.05. The van der Waals surface area contributed by atoms with Gasteiger partial charge in [-0.3, -0.25) is 4.79 Å². The minimum atomic E-state index is -0.193. The highest BCUT2D eigenvalue weighted by atomic mass is 16.5. The number of benzene rings is 1. The second kappa shape index (κ2) is 5.69. The molecule has 1 saturated carbocycles. The SMILES string of the molecule is COC1CCCC1NC(=O)c1cc(N)c2ccccc2n1. The number of rotatable bonds is 3. The van der Waals surface area contributed by atoms with E-state index in [1.54, 1.807) is 13.2 Å². The maximum Gasteiger partial charge on any atom is 0.270 e. The highest BCUT2D eigenvalue weighted by Gasteiger charge is 2.29. The molecule has 0 spiro atoms. The molecule has 0 radical (unpaired) electrons.